The van der Waals surface area contributed by atoms with Gasteiger partial charge in [-0.05, 0) is 62.0 Å². The fourth-order valence-corrected chi connectivity index (χ4v) is 3.91. The van der Waals surface area contributed by atoms with E-state index >= 15 is 0 Å². The van der Waals surface area contributed by atoms with Crippen LogP contribution in [0.25, 0.3) is 5.82 Å². The number of amides is 2. The van der Waals surface area contributed by atoms with Gasteiger partial charge in [-0.25, -0.2) is 14.5 Å². The largest absolute Gasteiger partial charge is 0.449 e. The second-order valence-electron chi connectivity index (χ2n) is 7.52. The number of nitrogens with zero attached hydrogens (tertiary/aromatic N) is 3. The van der Waals surface area contributed by atoms with Gasteiger partial charge < -0.3 is 10.1 Å². The van der Waals surface area contributed by atoms with Crippen molar-refractivity contribution < 1.29 is 27.5 Å². The summed E-state index contributed by atoms with van der Waals surface area (Å²) in [6, 6.07) is 6.00. The first-order chi connectivity index (χ1) is 16.4. The van der Waals surface area contributed by atoms with E-state index in [2.05, 4.69) is 52.6 Å². The molecule has 0 fully saturated rings. The predicted molar refractivity (Wildman–Crippen MR) is 131 cm³/mol. The van der Waals surface area contributed by atoms with E-state index < -0.39 is 23.7 Å². The van der Waals surface area contributed by atoms with Gasteiger partial charge in [0.2, 0.25) is 0 Å². The molecule has 0 atom stereocenters. The van der Waals surface area contributed by atoms with Gasteiger partial charge in [0.05, 0.1) is 28.6 Å². The minimum absolute atomic E-state index is 0.00493. The van der Waals surface area contributed by atoms with Crippen molar-refractivity contribution in [1.82, 2.24) is 14.8 Å². The monoisotopic (exact) mass is 637 g/mol. The molecule has 0 saturated heterocycles. The van der Waals surface area contributed by atoms with Crippen LogP contribution < -0.4 is 10.6 Å². The molecule has 0 saturated carbocycles. The zero-order valence-corrected chi connectivity index (χ0v) is 22.0. The van der Waals surface area contributed by atoms with Gasteiger partial charge in [-0.3, -0.25) is 10.1 Å². The molecule has 0 unspecified atom stereocenters. The van der Waals surface area contributed by atoms with Crippen LogP contribution >= 0.6 is 43.5 Å². The molecule has 0 aliphatic carbocycles. The van der Waals surface area contributed by atoms with E-state index in [-0.39, 0.29) is 49.5 Å². The third-order valence-electron chi connectivity index (χ3n) is 4.29. The number of hydrogen-bond acceptors (Lipinski definition) is 5. The summed E-state index contributed by atoms with van der Waals surface area (Å²) >= 11 is 12.4. The highest BCUT2D eigenvalue weighted by molar-refractivity contribution is 9.10. The quantitative estimate of drug-likeness (QED) is 0.305. The summed E-state index contributed by atoms with van der Waals surface area (Å²) in [6.07, 6.45) is -4.23. The van der Waals surface area contributed by atoms with Crippen molar-refractivity contribution in [1.29, 1.82) is 0 Å². The first-order valence-electron chi connectivity index (χ1n) is 9.89. The number of nitrogens with one attached hydrogen (secondary N) is 2. The van der Waals surface area contributed by atoms with Gasteiger partial charge in [-0.15, -0.1) is 0 Å². The van der Waals surface area contributed by atoms with E-state index in [0.717, 1.165) is 6.07 Å². The average Bonchev–Trinajstić information content (AvgIpc) is 3.15. The SMILES string of the molecule is CC(C)COC(=O)Nc1cc(C(F)(F)F)cc(Br)c1NC(=O)c1cc(Br)nn1-c1ncccc1Cl. The molecule has 35 heavy (non-hydrogen) atoms. The van der Waals surface area contributed by atoms with Crippen molar-refractivity contribution in [2.24, 2.45) is 5.92 Å². The van der Waals surface area contributed by atoms with Gasteiger partial charge in [-0.1, -0.05) is 25.4 Å². The second-order valence-corrected chi connectivity index (χ2v) is 9.60. The van der Waals surface area contributed by atoms with Crippen LogP contribution in [0.1, 0.15) is 29.9 Å². The highest BCUT2D eigenvalue weighted by Crippen LogP contribution is 2.39. The molecule has 0 radical (unpaired) electrons. The van der Waals surface area contributed by atoms with Crippen molar-refractivity contribution in [2.75, 3.05) is 17.2 Å². The number of hydrogen-bond donors (Lipinski definition) is 2. The van der Waals surface area contributed by atoms with E-state index in [0.29, 0.717) is 6.07 Å². The molecule has 14 heteroatoms. The molecule has 2 amide bonds. The van der Waals surface area contributed by atoms with E-state index in [1.165, 1.54) is 16.9 Å². The van der Waals surface area contributed by atoms with E-state index in [1.807, 2.05) is 0 Å². The molecule has 0 bridgehead atoms. The molecular weight excluding hydrogens is 623 g/mol. The minimum atomic E-state index is -4.71. The van der Waals surface area contributed by atoms with Gasteiger partial charge in [0.15, 0.2) is 5.82 Å². The average molecular weight is 640 g/mol. The summed E-state index contributed by atoms with van der Waals surface area (Å²) in [5, 5.41) is 9.15. The van der Waals surface area contributed by atoms with Gasteiger partial charge in [-0.2, -0.15) is 18.3 Å². The van der Waals surface area contributed by atoms with Crippen molar-refractivity contribution in [3.63, 3.8) is 0 Å². The summed E-state index contributed by atoms with van der Waals surface area (Å²) in [6.45, 7) is 3.65. The number of pyridine rings is 1. The number of halogens is 6. The second kappa shape index (κ2) is 11.0. The van der Waals surface area contributed by atoms with Crippen LogP contribution in [0.15, 0.2) is 45.6 Å². The third-order valence-corrected chi connectivity index (χ3v) is 5.60. The number of aromatic nitrogens is 3. The van der Waals surface area contributed by atoms with Gasteiger partial charge >= 0.3 is 12.3 Å². The van der Waals surface area contributed by atoms with Crippen molar-refractivity contribution >= 4 is 66.8 Å². The third kappa shape index (κ3) is 6.73. The van der Waals surface area contributed by atoms with E-state index in [9.17, 15) is 22.8 Å². The topological polar surface area (TPSA) is 98.1 Å². The lowest BCUT2D eigenvalue weighted by molar-refractivity contribution is -0.137. The Morgan fingerprint density at radius 3 is 2.54 bits per heavy atom. The zero-order valence-electron chi connectivity index (χ0n) is 18.1. The predicted octanol–water partition coefficient (Wildman–Crippen LogP) is 6.92. The number of benzene rings is 1. The number of rotatable bonds is 6. The Bertz CT molecular complexity index is 1270. The number of carbonyl (C=O) groups is 2. The normalized spacial score (nSPS) is 11.5. The zero-order chi connectivity index (χ0) is 25.9. The summed E-state index contributed by atoms with van der Waals surface area (Å²) in [4.78, 5) is 29.5. The number of ether oxygens (including phenoxy) is 1. The Hall–Kier alpha value is -2.64. The van der Waals surface area contributed by atoms with Crippen LogP contribution in [-0.4, -0.2) is 33.4 Å². The molecule has 2 heterocycles. The Morgan fingerprint density at radius 1 is 1.20 bits per heavy atom. The molecule has 0 spiro atoms. The molecule has 1 aromatic carbocycles. The maximum Gasteiger partial charge on any atom is 0.416 e. The van der Waals surface area contributed by atoms with Gasteiger partial charge in [0.1, 0.15) is 10.3 Å². The van der Waals surface area contributed by atoms with Crippen LogP contribution in [0.3, 0.4) is 0 Å². The number of anilines is 2. The molecule has 3 rings (SSSR count). The Labute approximate surface area is 219 Å². The molecule has 2 N–H and O–H groups in total. The van der Waals surface area contributed by atoms with Crippen molar-refractivity contribution in [3.8, 4) is 5.82 Å². The van der Waals surface area contributed by atoms with Crippen molar-refractivity contribution in [3.05, 3.63) is 61.9 Å². The van der Waals surface area contributed by atoms with E-state index in [4.69, 9.17) is 16.3 Å². The smallest absolute Gasteiger partial charge is 0.416 e. The van der Waals surface area contributed by atoms with E-state index in [1.54, 1.807) is 26.0 Å². The van der Waals surface area contributed by atoms with Crippen molar-refractivity contribution in [2.45, 2.75) is 20.0 Å². The summed E-state index contributed by atoms with van der Waals surface area (Å²) in [7, 11) is 0. The number of carbonyl (C=O) groups excluding carboxylic acids is 2. The standard InChI is InChI=1S/C21H17Br2ClF3N5O3/c1-10(2)9-35-20(34)29-14-7-11(21(25,26)27)6-12(22)17(14)30-19(33)15-8-16(23)31-32(15)18-13(24)4-3-5-28-18/h3-8,10H,9H2,1-2H3,(H,29,34)(H,30,33). The lowest BCUT2D eigenvalue weighted by atomic mass is 10.1. The maximum atomic E-state index is 13.4. The Morgan fingerprint density at radius 2 is 1.91 bits per heavy atom. The molecule has 186 valence electrons. The molecule has 2 aromatic heterocycles. The van der Waals surface area contributed by atoms with Crippen LogP contribution in [-0.2, 0) is 10.9 Å². The molecular formula is C21H17Br2ClF3N5O3. The first-order valence-corrected chi connectivity index (χ1v) is 11.9. The van der Waals surface area contributed by atoms with Crippen LogP contribution in [0, 0.1) is 5.92 Å². The fourth-order valence-electron chi connectivity index (χ4n) is 2.77. The number of alkyl halides is 3. The van der Waals surface area contributed by atoms with Crippen LogP contribution in [0.5, 0.6) is 0 Å². The molecule has 8 nitrogen and oxygen atoms in total. The fraction of sp³-hybridized carbons (Fsp3) is 0.238. The maximum absolute atomic E-state index is 13.4. The highest BCUT2D eigenvalue weighted by atomic mass is 79.9. The molecule has 0 aliphatic rings. The Balaban J connectivity index is 2.00. The summed E-state index contributed by atoms with van der Waals surface area (Å²) < 4.78 is 46.5. The summed E-state index contributed by atoms with van der Waals surface area (Å²) in [5.74, 6) is -0.596. The van der Waals surface area contributed by atoms with Crippen LogP contribution in [0.4, 0.5) is 29.3 Å². The van der Waals surface area contributed by atoms with Crippen LogP contribution in [0.2, 0.25) is 5.02 Å². The van der Waals surface area contributed by atoms with Gasteiger partial charge in [0, 0.05) is 16.7 Å². The first kappa shape index (κ1) is 27.0. The summed E-state index contributed by atoms with van der Waals surface area (Å²) in [5.41, 5.74) is -1.53. The lowest BCUT2D eigenvalue weighted by Crippen LogP contribution is -2.22. The highest BCUT2D eigenvalue weighted by Gasteiger charge is 2.33. The Kier molecular flexibility index (Phi) is 8.44. The minimum Gasteiger partial charge on any atom is -0.449 e. The molecule has 3 aromatic rings. The lowest BCUT2D eigenvalue weighted by Gasteiger charge is -2.18. The molecule has 0 aliphatic heterocycles. The van der Waals surface area contributed by atoms with Gasteiger partial charge in [0.25, 0.3) is 5.91 Å².